The standard InChI is InChI=1S/C16H11BrF2O2/c17-13-3-1-2-12(10-13)15(20)9-6-11-4-7-14(8-5-11)21-16(18)19/h1-10,16H/b9-6+. The normalized spacial score (nSPS) is 11.0. The Morgan fingerprint density at radius 3 is 2.48 bits per heavy atom. The molecule has 21 heavy (non-hydrogen) atoms. The van der Waals surface area contributed by atoms with E-state index in [4.69, 9.17) is 0 Å². The highest BCUT2D eigenvalue weighted by Gasteiger charge is 2.04. The Morgan fingerprint density at radius 2 is 1.86 bits per heavy atom. The molecule has 0 heterocycles. The van der Waals surface area contributed by atoms with Gasteiger partial charge in [-0.05, 0) is 35.9 Å². The van der Waals surface area contributed by atoms with Crippen LogP contribution in [0.5, 0.6) is 5.75 Å². The fourth-order valence-electron chi connectivity index (χ4n) is 1.67. The second-order valence-electron chi connectivity index (χ2n) is 4.16. The molecule has 0 radical (unpaired) electrons. The average molecular weight is 353 g/mol. The van der Waals surface area contributed by atoms with Crippen molar-refractivity contribution in [3.05, 3.63) is 70.2 Å². The van der Waals surface area contributed by atoms with Crippen LogP contribution >= 0.6 is 15.9 Å². The third kappa shape index (κ3) is 4.79. The predicted octanol–water partition coefficient (Wildman–Crippen LogP) is 4.95. The molecule has 0 N–H and O–H groups in total. The molecule has 0 bridgehead atoms. The Kier molecular flexibility index (Phi) is 5.22. The molecule has 2 nitrogen and oxygen atoms in total. The van der Waals surface area contributed by atoms with Crippen LogP contribution in [0, 0.1) is 0 Å². The molecule has 0 spiro atoms. The fraction of sp³-hybridized carbons (Fsp3) is 0.0625. The third-order valence-corrected chi connectivity index (χ3v) is 3.13. The molecule has 2 aromatic rings. The van der Waals surface area contributed by atoms with Gasteiger partial charge in [0.05, 0.1) is 0 Å². The summed E-state index contributed by atoms with van der Waals surface area (Å²) in [4.78, 5) is 12.0. The van der Waals surface area contributed by atoms with Crippen molar-refractivity contribution in [3.8, 4) is 5.75 Å². The number of hydrogen-bond donors (Lipinski definition) is 0. The van der Waals surface area contributed by atoms with E-state index in [0.717, 1.165) is 10.0 Å². The van der Waals surface area contributed by atoms with Crippen LogP contribution in [0.2, 0.25) is 0 Å². The molecule has 0 aliphatic rings. The molecule has 108 valence electrons. The highest BCUT2D eigenvalue weighted by atomic mass is 79.9. The topological polar surface area (TPSA) is 26.3 Å². The van der Waals surface area contributed by atoms with E-state index in [9.17, 15) is 13.6 Å². The molecule has 0 atom stereocenters. The van der Waals surface area contributed by atoms with Crippen LogP contribution in [-0.2, 0) is 0 Å². The lowest BCUT2D eigenvalue weighted by Gasteiger charge is -2.03. The van der Waals surface area contributed by atoms with Gasteiger partial charge < -0.3 is 4.74 Å². The summed E-state index contributed by atoms with van der Waals surface area (Å²) < 4.78 is 29.1. The van der Waals surface area contributed by atoms with Gasteiger partial charge in [0.25, 0.3) is 0 Å². The lowest BCUT2D eigenvalue weighted by molar-refractivity contribution is -0.0498. The summed E-state index contributed by atoms with van der Waals surface area (Å²) in [6, 6.07) is 13.1. The zero-order chi connectivity index (χ0) is 15.2. The van der Waals surface area contributed by atoms with Gasteiger partial charge >= 0.3 is 6.61 Å². The van der Waals surface area contributed by atoms with Crippen LogP contribution in [0.4, 0.5) is 8.78 Å². The maximum atomic E-state index is 12.0. The van der Waals surface area contributed by atoms with E-state index in [-0.39, 0.29) is 11.5 Å². The van der Waals surface area contributed by atoms with Crippen molar-refractivity contribution in [1.82, 2.24) is 0 Å². The Labute approximate surface area is 129 Å². The number of benzene rings is 2. The second-order valence-corrected chi connectivity index (χ2v) is 5.07. The maximum absolute atomic E-state index is 12.0. The molecule has 2 rings (SSSR count). The molecule has 2 aromatic carbocycles. The monoisotopic (exact) mass is 352 g/mol. The van der Waals surface area contributed by atoms with E-state index < -0.39 is 6.61 Å². The van der Waals surface area contributed by atoms with Crippen molar-refractivity contribution < 1.29 is 18.3 Å². The van der Waals surface area contributed by atoms with Crippen LogP contribution < -0.4 is 4.74 Å². The van der Waals surface area contributed by atoms with Gasteiger partial charge in [-0.15, -0.1) is 0 Å². The molecular formula is C16H11BrF2O2. The Bertz CT molecular complexity index is 652. The predicted molar refractivity (Wildman–Crippen MR) is 80.6 cm³/mol. The van der Waals surface area contributed by atoms with Crippen LogP contribution in [-0.4, -0.2) is 12.4 Å². The minimum absolute atomic E-state index is 0.0838. The van der Waals surface area contributed by atoms with Crippen molar-refractivity contribution >= 4 is 27.8 Å². The van der Waals surface area contributed by atoms with Gasteiger partial charge in [0.2, 0.25) is 0 Å². The summed E-state index contributed by atoms with van der Waals surface area (Å²) in [5, 5.41) is 0. The number of allylic oxidation sites excluding steroid dienone is 1. The smallest absolute Gasteiger partial charge is 0.387 e. The van der Waals surface area contributed by atoms with Crippen LogP contribution in [0.3, 0.4) is 0 Å². The molecule has 0 saturated heterocycles. The van der Waals surface area contributed by atoms with Crippen LogP contribution in [0.15, 0.2) is 59.1 Å². The molecule has 0 amide bonds. The van der Waals surface area contributed by atoms with Crippen molar-refractivity contribution in [2.75, 3.05) is 0 Å². The number of carbonyl (C=O) groups is 1. The van der Waals surface area contributed by atoms with Crippen molar-refractivity contribution in [3.63, 3.8) is 0 Å². The van der Waals surface area contributed by atoms with Gasteiger partial charge in [0.1, 0.15) is 5.75 Å². The van der Waals surface area contributed by atoms with Gasteiger partial charge in [-0.3, -0.25) is 4.79 Å². The van der Waals surface area contributed by atoms with Gasteiger partial charge in [0.15, 0.2) is 5.78 Å². The Hall–Kier alpha value is -2.01. The number of carbonyl (C=O) groups excluding carboxylic acids is 1. The van der Waals surface area contributed by atoms with E-state index >= 15 is 0 Å². The molecule has 0 aliphatic heterocycles. The summed E-state index contributed by atoms with van der Waals surface area (Å²) in [6.07, 6.45) is 3.06. The lowest BCUT2D eigenvalue weighted by atomic mass is 10.1. The molecule has 0 fully saturated rings. The molecular weight excluding hydrogens is 342 g/mol. The summed E-state index contributed by atoms with van der Waals surface area (Å²) in [7, 11) is 0. The highest BCUT2D eigenvalue weighted by Crippen LogP contribution is 2.16. The molecule has 0 aliphatic carbocycles. The van der Waals surface area contributed by atoms with E-state index in [2.05, 4.69) is 20.7 Å². The molecule has 0 saturated carbocycles. The first-order valence-corrected chi connectivity index (χ1v) is 6.87. The highest BCUT2D eigenvalue weighted by molar-refractivity contribution is 9.10. The number of ketones is 1. The molecule has 5 heteroatoms. The van der Waals surface area contributed by atoms with Gasteiger partial charge in [0, 0.05) is 10.0 Å². The summed E-state index contributed by atoms with van der Waals surface area (Å²) >= 11 is 3.30. The van der Waals surface area contributed by atoms with E-state index in [1.807, 2.05) is 6.07 Å². The number of ether oxygens (including phenoxy) is 1. The zero-order valence-electron chi connectivity index (χ0n) is 10.8. The van der Waals surface area contributed by atoms with Gasteiger partial charge in [-0.25, -0.2) is 0 Å². The fourth-order valence-corrected chi connectivity index (χ4v) is 2.07. The Balaban J connectivity index is 2.05. The van der Waals surface area contributed by atoms with E-state index in [1.54, 1.807) is 36.4 Å². The third-order valence-electron chi connectivity index (χ3n) is 2.64. The lowest BCUT2D eigenvalue weighted by Crippen LogP contribution is -2.01. The van der Waals surface area contributed by atoms with Crippen LogP contribution in [0.25, 0.3) is 6.08 Å². The summed E-state index contributed by atoms with van der Waals surface area (Å²) in [6.45, 7) is -2.84. The van der Waals surface area contributed by atoms with Crippen molar-refractivity contribution in [1.29, 1.82) is 0 Å². The minimum atomic E-state index is -2.84. The second kappa shape index (κ2) is 7.13. The van der Waals surface area contributed by atoms with Crippen molar-refractivity contribution in [2.45, 2.75) is 6.61 Å². The van der Waals surface area contributed by atoms with Gasteiger partial charge in [-0.1, -0.05) is 46.3 Å². The van der Waals surface area contributed by atoms with Crippen LogP contribution in [0.1, 0.15) is 15.9 Å². The van der Waals surface area contributed by atoms with Crippen molar-refractivity contribution in [2.24, 2.45) is 0 Å². The number of halogens is 3. The first-order chi connectivity index (χ1) is 10.0. The average Bonchev–Trinajstić information content (AvgIpc) is 2.45. The Morgan fingerprint density at radius 1 is 1.14 bits per heavy atom. The minimum Gasteiger partial charge on any atom is -0.435 e. The molecule has 0 aromatic heterocycles. The maximum Gasteiger partial charge on any atom is 0.387 e. The van der Waals surface area contributed by atoms with E-state index in [1.165, 1.54) is 18.2 Å². The number of alkyl halides is 2. The largest absolute Gasteiger partial charge is 0.435 e. The first-order valence-electron chi connectivity index (χ1n) is 6.07. The summed E-state index contributed by atoms with van der Waals surface area (Å²) in [5.74, 6) is -0.0512. The zero-order valence-corrected chi connectivity index (χ0v) is 12.4. The quantitative estimate of drug-likeness (QED) is 0.562. The SMILES string of the molecule is O=C(/C=C/c1ccc(OC(F)F)cc1)c1cccc(Br)c1. The first kappa shape index (κ1) is 15.4. The summed E-state index contributed by atoms with van der Waals surface area (Å²) in [5.41, 5.74) is 1.29. The number of rotatable bonds is 5. The number of hydrogen-bond acceptors (Lipinski definition) is 2. The molecule has 0 unspecified atom stereocenters. The van der Waals surface area contributed by atoms with Gasteiger partial charge in [-0.2, -0.15) is 8.78 Å². The van der Waals surface area contributed by atoms with E-state index in [0.29, 0.717) is 5.56 Å².